The van der Waals surface area contributed by atoms with Gasteiger partial charge in [0.15, 0.2) is 0 Å². The number of quaternary nitrogens is 1. The lowest BCUT2D eigenvalue weighted by molar-refractivity contribution is -0.691. The molecular formula is C17H29ClNO2+. The van der Waals surface area contributed by atoms with Crippen LogP contribution in [0.25, 0.3) is 0 Å². The molecule has 0 radical (unpaired) electrons. The van der Waals surface area contributed by atoms with Crippen LogP contribution in [-0.4, -0.2) is 30.4 Å². The highest BCUT2D eigenvalue weighted by Crippen LogP contribution is 2.32. The topological polar surface area (TPSA) is 46.1 Å². The van der Waals surface area contributed by atoms with Crippen molar-refractivity contribution in [3.63, 3.8) is 0 Å². The second-order valence-corrected chi connectivity index (χ2v) is 6.52. The van der Waals surface area contributed by atoms with Gasteiger partial charge in [0.1, 0.15) is 25.0 Å². The summed E-state index contributed by atoms with van der Waals surface area (Å²) >= 11 is 6.18. The monoisotopic (exact) mass is 314 g/mol. The van der Waals surface area contributed by atoms with Gasteiger partial charge in [-0.15, -0.1) is 0 Å². The first kappa shape index (κ1) is 18.3. The number of aliphatic hydroxyl groups is 1. The molecule has 21 heavy (non-hydrogen) atoms. The van der Waals surface area contributed by atoms with Crippen LogP contribution in [0, 0.1) is 6.92 Å². The summed E-state index contributed by atoms with van der Waals surface area (Å²) in [7, 11) is 0. The van der Waals surface area contributed by atoms with Gasteiger partial charge in [-0.25, -0.2) is 0 Å². The van der Waals surface area contributed by atoms with E-state index in [1.54, 1.807) is 0 Å². The molecule has 3 nitrogen and oxygen atoms in total. The molecule has 4 heteroatoms. The van der Waals surface area contributed by atoms with Gasteiger partial charge in [0.2, 0.25) is 0 Å². The molecule has 0 aromatic heterocycles. The third-order valence-electron chi connectivity index (χ3n) is 3.80. The summed E-state index contributed by atoms with van der Waals surface area (Å²) in [6.07, 6.45) is 0.636. The van der Waals surface area contributed by atoms with Crippen LogP contribution in [-0.2, 0) is 0 Å². The molecular weight excluding hydrogens is 286 g/mol. The normalized spacial score (nSPS) is 14.3. The summed E-state index contributed by atoms with van der Waals surface area (Å²) < 4.78 is 5.83. The van der Waals surface area contributed by atoms with Crippen LogP contribution < -0.4 is 10.1 Å². The van der Waals surface area contributed by atoms with E-state index in [9.17, 15) is 5.11 Å². The minimum Gasteiger partial charge on any atom is -0.490 e. The van der Waals surface area contributed by atoms with Crippen molar-refractivity contribution in [2.24, 2.45) is 0 Å². The van der Waals surface area contributed by atoms with Gasteiger partial charge in [0.25, 0.3) is 0 Å². The maximum atomic E-state index is 10.0. The molecule has 0 spiro atoms. The number of ether oxygens (including phenoxy) is 1. The van der Waals surface area contributed by atoms with Gasteiger partial charge in [0, 0.05) is 5.02 Å². The molecule has 0 bridgehead atoms. The first-order valence-corrected chi connectivity index (χ1v) is 8.17. The van der Waals surface area contributed by atoms with E-state index in [2.05, 4.69) is 33.0 Å². The van der Waals surface area contributed by atoms with E-state index in [0.29, 0.717) is 25.1 Å². The fraction of sp³-hybridized carbons (Fsp3) is 0.647. The number of hydrogen-bond acceptors (Lipinski definition) is 2. The zero-order chi connectivity index (χ0) is 16.0. The Morgan fingerprint density at radius 3 is 2.52 bits per heavy atom. The number of aliphatic hydroxyl groups excluding tert-OH is 1. The van der Waals surface area contributed by atoms with Gasteiger partial charge in [-0.2, -0.15) is 0 Å². The Hall–Kier alpha value is -0.770. The number of hydrogen-bond donors (Lipinski definition) is 2. The molecule has 0 saturated heterocycles. The predicted molar refractivity (Wildman–Crippen MR) is 88.3 cm³/mol. The maximum Gasteiger partial charge on any atom is 0.137 e. The van der Waals surface area contributed by atoms with E-state index in [1.165, 1.54) is 0 Å². The van der Waals surface area contributed by atoms with Crippen molar-refractivity contribution >= 4 is 11.6 Å². The second kappa shape index (κ2) is 8.62. The fourth-order valence-electron chi connectivity index (χ4n) is 2.06. The van der Waals surface area contributed by atoms with Crippen LogP contribution in [0.2, 0.25) is 5.02 Å². The fourth-order valence-corrected chi connectivity index (χ4v) is 2.23. The van der Waals surface area contributed by atoms with Crippen LogP contribution in [0.5, 0.6) is 5.75 Å². The molecule has 1 aromatic rings. The first-order valence-electron chi connectivity index (χ1n) is 7.79. The number of benzene rings is 1. The number of halogens is 1. The Labute approximate surface area is 133 Å². The van der Waals surface area contributed by atoms with E-state index in [0.717, 1.165) is 28.3 Å². The zero-order valence-corrected chi connectivity index (χ0v) is 14.6. The number of aryl methyl sites for hydroxylation is 1. The van der Waals surface area contributed by atoms with Crippen molar-refractivity contribution in [2.45, 2.75) is 59.1 Å². The third kappa shape index (κ3) is 5.85. The first-order chi connectivity index (χ1) is 9.85. The minimum absolute atomic E-state index is 0.313. The van der Waals surface area contributed by atoms with Gasteiger partial charge < -0.3 is 15.2 Å². The van der Waals surface area contributed by atoms with Gasteiger partial charge in [-0.05, 0) is 49.4 Å². The molecule has 1 rings (SSSR count). The van der Waals surface area contributed by atoms with Crippen molar-refractivity contribution in [1.82, 2.24) is 0 Å². The molecule has 3 N–H and O–H groups in total. The predicted octanol–water partition coefficient (Wildman–Crippen LogP) is 2.87. The smallest absolute Gasteiger partial charge is 0.137 e. The molecule has 0 unspecified atom stereocenters. The Morgan fingerprint density at radius 1 is 1.29 bits per heavy atom. The Morgan fingerprint density at radius 2 is 1.95 bits per heavy atom. The lowest BCUT2D eigenvalue weighted by Crippen LogP contribution is -2.91. The summed E-state index contributed by atoms with van der Waals surface area (Å²) in [6.45, 7) is 11.5. The van der Waals surface area contributed by atoms with E-state index in [-0.39, 0.29) is 0 Å². The molecule has 0 saturated carbocycles. The lowest BCUT2D eigenvalue weighted by atomic mass is 10.0. The quantitative estimate of drug-likeness (QED) is 0.775. The Balaban J connectivity index is 2.64. The Kier molecular flexibility index (Phi) is 7.50. The highest BCUT2D eigenvalue weighted by atomic mass is 35.5. The van der Waals surface area contributed by atoms with Crippen LogP contribution in [0.1, 0.15) is 51.2 Å². The number of rotatable bonds is 8. The van der Waals surface area contributed by atoms with Gasteiger partial charge in [-0.1, -0.05) is 32.4 Å². The molecule has 2 atom stereocenters. The van der Waals surface area contributed by atoms with E-state index in [4.69, 9.17) is 16.3 Å². The molecule has 0 fully saturated rings. The molecule has 1 aromatic carbocycles. The number of nitrogens with two attached hydrogens (primary N) is 1. The van der Waals surface area contributed by atoms with Crippen molar-refractivity contribution in [1.29, 1.82) is 0 Å². The SMILES string of the molecule is CC[C@@H](C)[NH2+]C[C@H](O)COc1cc(C)c(Cl)cc1C(C)C. The third-order valence-corrected chi connectivity index (χ3v) is 4.21. The Bertz CT molecular complexity index is 449. The summed E-state index contributed by atoms with van der Waals surface area (Å²) in [5, 5.41) is 12.9. The largest absolute Gasteiger partial charge is 0.490 e. The molecule has 0 amide bonds. The standard InChI is InChI=1S/C17H28ClNO2/c1-6-13(5)19-9-14(20)10-21-17-7-12(4)16(18)8-15(17)11(2)3/h7-8,11,13-14,19-20H,6,9-10H2,1-5H3/p+1/t13-,14+/m1/s1. The zero-order valence-electron chi connectivity index (χ0n) is 13.8. The van der Waals surface area contributed by atoms with E-state index in [1.807, 2.05) is 19.1 Å². The maximum absolute atomic E-state index is 10.0. The van der Waals surface area contributed by atoms with Crippen molar-refractivity contribution in [3.8, 4) is 5.75 Å². The van der Waals surface area contributed by atoms with Crippen LogP contribution in [0.3, 0.4) is 0 Å². The van der Waals surface area contributed by atoms with Gasteiger partial charge in [-0.3, -0.25) is 0 Å². The van der Waals surface area contributed by atoms with E-state index >= 15 is 0 Å². The van der Waals surface area contributed by atoms with Crippen LogP contribution >= 0.6 is 11.6 Å². The van der Waals surface area contributed by atoms with Crippen molar-refractivity contribution < 1.29 is 15.2 Å². The second-order valence-electron chi connectivity index (χ2n) is 6.12. The summed E-state index contributed by atoms with van der Waals surface area (Å²) in [5.41, 5.74) is 2.08. The van der Waals surface area contributed by atoms with Crippen LogP contribution in [0.15, 0.2) is 12.1 Å². The lowest BCUT2D eigenvalue weighted by Gasteiger charge is -2.18. The van der Waals surface area contributed by atoms with E-state index < -0.39 is 6.10 Å². The summed E-state index contributed by atoms with van der Waals surface area (Å²) in [4.78, 5) is 0. The van der Waals surface area contributed by atoms with Crippen molar-refractivity contribution in [2.75, 3.05) is 13.2 Å². The molecule has 0 aliphatic heterocycles. The highest BCUT2D eigenvalue weighted by Gasteiger charge is 2.14. The van der Waals surface area contributed by atoms with Gasteiger partial charge in [0.05, 0.1) is 6.04 Å². The van der Waals surface area contributed by atoms with Crippen LogP contribution in [0.4, 0.5) is 0 Å². The molecule has 0 aliphatic rings. The summed E-state index contributed by atoms with van der Waals surface area (Å²) in [5.74, 6) is 1.16. The van der Waals surface area contributed by atoms with Gasteiger partial charge >= 0.3 is 0 Å². The van der Waals surface area contributed by atoms with Crippen molar-refractivity contribution in [3.05, 3.63) is 28.3 Å². The summed E-state index contributed by atoms with van der Waals surface area (Å²) in [6, 6.07) is 4.46. The average Bonchev–Trinajstić information content (AvgIpc) is 2.45. The molecule has 0 heterocycles. The molecule has 0 aliphatic carbocycles. The molecule has 120 valence electrons. The average molecular weight is 315 g/mol. The highest BCUT2D eigenvalue weighted by molar-refractivity contribution is 6.31. The minimum atomic E-state index is -0.463.